The normalized spacial score (nSPS) is 26.1. The van der Waals surface area contributed by atoms with E-state index in [2.05, 4.69) is 5.32 Å². The summed E-state index contributed by atoms with van der Waals surface area (Å²) in [5.74, 6) is -0.0877. The maximum Gasteiger partial charge on any atom is 0.272 e. The molecule has 2 heterocycles. The Morgan fingerprint density at radius 2 is 2.38 bits per heavy atom. The molecule has 2 unspecified atom stereocenters. The van der Waals surface area contributed by atoms with E-state index >= 15 is 0 Å². The largest absolute Gasteiger partial charge is 0.472 e. The average molecular weight is 245 g/mol. The Morgan fingerprint density at radius 3 is 3.00 bits per heavy atom. The highest BCUT2D eigenvalue weighted by molar-refractivity contribution is 7.87. The van der Waals surface area contributed by atoms with Crippen molar-refractivity contribution in [1.29, 1.82) is 0 Å². The summed E-state index contributed by atoms with van der Waals surface area (Å²) < 4.78 is 33.5. The summed E-state index contributed by atoms with van der Waals surface area (Å²) in [4.78, 5) is 0. The molecule has 16 heavy (non-hydrogen) atoms. The fourth-order valence-corrected chi connectivity index (χ4v) is 3.51. The van der Waals surface area contributed by atoms with Gasteiger partial charge in [0.2, 0.25) is 0 Å². The molecule has 0 spiro atoms. The van der Waals surface area contributed by atoms with Crippen molar-refractivity contribution in [2.45, 2.75) is 18.1 Å². The highest BCUT2D eigenvalue weighted by atomic mass is 32.2. The Kier molecular flexibility index (Phi) is 3.32. The molecule has 1 aliphatic rings. The Morgan fingerprint density at radius 1 is 1.56 bits per heavy atom. The van der Waals surface area contributed by atoms with Gasteiger partial charge in [-0.1, -0.05) is 0 Å². The molecule has 0 saturated carbocycles. The van der Waals surface area contributed by atoms with Gasteiger partial charge in [-0.2, -0.15) is 8.42 Å². The summed E-state index contributed by atoms with van der Waals surface area (Å²) in [6.07, 6.45) is 3.14. The van der Waals surface area contributed by atoms with Gasteiger partial charge in [0.25, 0.3) is 10.1 Å². The Labute approximate surface area is 94.9 Å². The number of furan rings is 1. The van der Waals surface area contributed by atoms with Gasteiger partial charge in [0.15, 0.2) is 0 Å². The maximum atomic E-state index is 11.8. The van der Waals surface area contributed by atoms with Crippen molar-refractivity contribution in [3.63, 3.8) is 0 Å². The SMILES string of the molecule is CCOS(=O)(=O)C1CNCC1c1ccoc1. The fraction of sp³-hybridized carbons (Fsp3) is 0.600. The lowest BCUT2D eigenvalue weighted by Crippen LogP contribution is -2.29. The Hall–Kier alpha value is -0.850. The molecule has 6 heteroatoms. The van der Waals surface area contributed by atoms with Crippen molar-refractivity contribution >= 4 is 10.1 Å². The van der Waals surface area contributed by atoms with E-state index in [1.54, 1.807) is 25.5 Å². The molecule has 1 N–H and O–H groups in total. The second kappa shape index (κ2) is 4.57. The molecule has 1 saturated heterocycles. The third kappa shape index (κ3) is 2.14. The fourth-order valence-electron chi connectivity index (χ4n) is 2.03. The minimum Gasteiger partial charge on any atom is -0.472 e. The van der Waals surface area contributed by atoms with Crippen LogP contribution in [0.5, 0.6) is 0 Å². The van der Waals surface area contributed by atoms with Crippen LogP contribution < -0.4 is 5.32 Å². The molecule has 1 fully saturated rings. The lowest BCUT2D eigenvalue weighted by molar-refractivity contribution is 0.330. The molecule has 0 bridgehead atoms. The smallest absolute Gasteiger partial charge is 0.272 e. The second-order valence-electron chi connectivity index (χ2n) is 3.76. The third-order valence-corrected chi connectivity index (χ3v) is 4.58. The number of hydrogen-bond donors (Lipinski definition) is 1. The second-order valence-corrected chi connectivity index (χ2v) is 5.59. The van der Waals surface area contributed by atoms with Crippen molar-refractivity contribution < 1.29 is 17.0 Å². The molecule has 0 aliphatic carbocycles. The van der Waals surface area contributed by atoms with E-state index < -0.39 is 15.4 Å². The van der Waals surface area contributed by atoms with Crippen LogP contribution in [0.2, 0.25) is 0 Å². The van der Waals surface area contributed by atoms with Gasteiger partial charge in [-0.05, 0) is 18.6 Å². The van der Waals surface area contributed by atoms with E-state index in [0.717, 1.165) is 5.56 Å². The zero-order valence-corrected chi connectivity index (χ0v) is 9.87. The molecule has 1 aromatic heterocycles. The number of rotatable bonds is 4. The molecule has 1 aromatic rings. The van der Waals surface area contributed by atoms with E-state index in [-0.39, 0.29) is 12.5 Å². The first kappa shape index (κ1) is 11.6. The van der Waals surface area contributed by atoms with Crippen LogP contribution in [0, 0.1) is 0 Å². The van der Waals surface area contributed by atoms with Crippen molar-refractivity contribution in [1.82, 2.24) is 5.32 Å². The molecular weight excluding hydrogens is 230 g/mol. The van der Waals surface area contributed by atoms with Crippen LogP contribution in [0.4, 0.5) is 0 Å². The lowest BCUT2D eigenvalue weighted by Gasteiger charge is -2.16. The predicted molar refractivity (Wildman–Crippen MR) is 58.7 cm³/mol. The molecule has 5 nitrogen and oxygen atoms in total. The topological polar surface area (TPSA) is 68.5 Å². The molecule has 2 rings (SSSR count). The summed E-state index contributed by atoms with van der Waals surface area (Å²) in [6.45, 7) is 2.92. The summed E-state index contributed by atoms with van der Waals surface area (Å²) in [7, 11) is -3.49. The van der Waals surface area contributed by atoms with Crippen molar-refractivity contribution in [2.24, 2.45) is 0 Å². The minimum atomic E-state index is -3.49. The zero-order chi connectivity index (χ0) is 11.6. The standard InChI is InChI=1S/C10H15NO4S/c1-2-15-16(12,13)10-6-11-5-9(10)8-3-4-14-7-8/h3-4,7,9-11H,2,5-6H2,1H3. The van der Waals surface area contributed by atoms with Crippen LogP contribution in [0.1, 0.15) is 18.4 Å². The minimum absolute atomic E-state index is 0.0877. The first-order valence-electron chi connectivity index (χ1n) is 5.26. The van der Waals surface area contributed by atoms with Crippen LogP contribution in [-0.4, -0.2) is 33.4 Å². The van der Waals surface area contributed by atoms with Gasteiger partial charge >= 0.3 is 0 Å². The van der Waals surface area contributed by atoms with Crippen LogP contribution in [0.15, 0.2) is 23.0 Å². The van der Waals surface area contributed by atoms with Gasteiger partial charge in [0.1, 0.15) is 5.25 Å². The van der Waals surface area contributed by atoms with E-state index in [0.29, 0.717) is 13.1 Å². The third-order valence-electron chi connectivity index (χ3n) is 2.78. The van der Waals surface area contributed by atoms with Crippen molar-refractivity contribution in [3.8, 4) is 0 Å². The van der Waals surface area contributed by atoms with E-state index in [9.17, 15) is 8.42 Å². The van der Waals surface area contributed by atoms with Gasteiger partial charge in [-0.3, -0.25) is 4.18 Å². The monoisotopic (exact) mass is 245 g/mol. The van der Waals surface area contributed by atoms with Gasteiger partial charge in [-0.25, -0.2) is 0 Å². The molecule has 0 amide bonds. The van der Waals surface area contributed by atoms with Crippen molar-refractivity contribution in [2.75, 3.05) is 19.7 Å². The van der Waals surface area contributed by atoms with Crippen LogP contribution in [0.3, 0.4) is 0 Å². The van der Waals surface area contributed by atoms with E-state index in [1.807, 2.05) is 0 Å². The highest BCUT2D eigenvalue weighted by Crippen LogP contribution is 2.28. The molecule has 90 valence electrons. The summed E-state index contributed by atoms with van der Waals surface area (Å²) in [5, 5.41) is 2.55. The average Bonchev–Trinajstić information content (AvgIpc) is 2.88. The Balaban J connectivity index is 2.22. The summed E-state index contributed by atoms with van der Waals surface area (Å²) >= 11 is 0. The van der Waals surface area contributed by atoms with Gasteiger partial charge < -0.3 is 9.73 Å². The number of nitrogens with one attached hydrogen (secondary N) is 1. The highest BCUT2D eigenvalue weighted by Gasteiger charge is 2.39. The van der Waals surface area contributed by atoms with E-state index in [1.165, 1.54) is 0 Å². The molecule has 0 radical (unpaired) electrons. The molecule has 1 aliphatic heterocycles. The van der Waals surface area contributed by atoms with Gasteiger partial charge in [-0.15, -0.1) is 0 Å². The van der Waals surface area contributed by atoms with Crippen LogP contribution >= 0.6 is 0 Å². The quantitative estimate of drug-likeness (QED) is 0.791. The predicted octanol–water partition coefficient (Wildman–Crippen LogP) is 0.701. The zero-order valence-electron chi connectivity index (χ0n) is 9.05. The summed E-state index contributed by atoms with van der Waals surface area (Å²) in [6, 6.07) is 1.80. The van der Waals surface area contributed by atoms with Gasteiger partial charge in [0, 0.05) is 19.0 Å². The molecule has 0 aromatic carbocycles. The van der Waals surface area contributed by atoms with Gasteiger partial charge in [0.05, 0.1) is 19.1 Å². The molecule has 2 atom stereocenters. The first-order chi connectivity index (χ1) is 7.65. The van der Waals surface area contributed by atoms with Crippen LogP contribution in [0.25, 0.3) is 0 Å². The first-order valence-corrected chi connectivity index (χ1v) is 6.73. The van der Waals surface area contributed by atoms with Crippen LogP contribution in [-0.2, 0) is 14.3 Å². The maximum absolute atomic E-state index is 11.8. The van der Waals surface area contributed by atoms with Crippen molar-refractivity contribution in [3.05, 3.63) is 24.2 Å². The number of hydrogen-bond acceptors (Lipinski definition) is 5. The summed E-state index contributed by atoms with van der Waals surface area (Å²) in [5.41, 5.74) is 0.901. The Bertz CT molecular complexity index is 426. The lowest BCUT2D eigenvalue weighted by atomic mass is 10.0. The van der Waals surface area contributed by atoms with E-state index in [4.69, 9.17) is 8.60 Å². The molecular formula is C10H15NO4S.